The van der Waals surface area contributed by atoms with Gasteiger partial charge in [-0.2, -0.15) is 0 Å². The van der Waals surface area contributed by atoms with Gasteiger partial charge in [0.1, 0.15) is 13.2 Å². The Morgan fingerprint density at radius 1 is 0.317 bits per heavy atom. The van der Waals surface area contributed by atoms with Gasteiger partial charge in [-0.1, -0.05) is 273 Å². The van der Waals surface area contributed by atoms with Gasteiger partial charge in [-0.05, 0) is 37.0 Å². The molecule has 374 valence electrons. The van der Waals surface area contributed by atoms with Crippen molar-refractivity contribution in [2.24, 2.45) is 17.8 Å². The molecule has 0 amide bonds. The Hall–Kier alpha value is -1.59. The van der Waals surface area contributed by atoms with Gasteiger partial charge >= 0.3 is 17.9 Å². The fourth-order valence-electron chi connectivity index (χ4n) is 8.58. The SMILES string of the molecule is CCC(C)CCCCCCCCCCCCC(=O)O[C@H](COC(=O)CCCCCCCCCCCCCCCCCCCCC(C)C)COC(=O)CCCCCCCCC(C)CC. The Balaban J connectivity index is 4.22. The Labute approximate surface area is 393 Å². The molecule has 0 aliphatic carbocycles. The summed E-state index contributed by atoms with van der Waals surface area (Å²) in [5, 5.41) is 0. The second-order valence-electron chi connectivity index (χ2n) is 20.5. The molecule has 0 fully saturated rings. The van der Waals surface area contributed by atoms with Crippen molar-refractivity contribution in [2.45, 2.75) is 317 Å². The monoisotopic (exact) mass is 891 g/mol. The third-order valence-electron chi connectivity index (χ3n) is 13.6. The first-order valence-corrected chi connectivity index (χ1v) is 28.2. The molecule has 0 saturated heterocycles. The number of esters is 3. The van der Waals surface area contributed by atoms with Crippen molar-refractivity contribution in [2.75, 3.05) is 13.2 Å². The molecule has 0 rings (SSSR count). The third kappa shape index (κ3) is 48.2. The van der Waals surface area contributed by atoms with Crippen LogP contribution in [0.25, 0.3) is 0 Å². The van der Waals surface area contributed by atoms with Gasteiger partial charge in [0.05, 0.1) is 0 Å². The number of rotatable bonds is 50. The normalized spacial score (nSPS) is 13.0. The fourth-order valence-corrected chi connectivity index (χ4v) is 8.58. The summed E-state index contributed by atoms with van der Waals surface area (Å²) >= 11 is 0. The maximum atomic E-state index is 12.8. The van der Waals surface area contributed by atoms with Gasteiger partial charge in [-0.15, -0.1) is 0 Å². The zero-order valence-electron chi connectivity index (χ0n) is 43.4. The molecule has 6 heteroatoms. The Bertz CT molecular complexity index is 980. The zero-order chi connectivity index (χ0) is 46.3. The van der Waals surface area contributed by atoms with Crippen LogP contribution in [0.1, 0.15) is 311 Å². The van der Waals surface area contributed by atoms with Crippen LogP contribution in [0.3, 0.4) is 0 Å². The first kappa shape index (κ1) is 61.4. The third-order valence-corrected chi connectivity index (χ3v) is 13.6. The molecule has 6 nitrogen and oxygen atoms in total. The van der Waals surface area contributed by atoms with Gasteiger partial charge in [0.25, 0.3) is 0 Å². The number of hydrogen-bond acceptors (Lipinski definition) is 6. The lowest BCUT2D eigenvalue weighted by molar-refractivity contribution is -0.167. The van der Waals surface area contributed by atoms with E-state index >= 15 is 0 Å². The average molecular weight is 892 g/mol. The maximum absolute atomic E-state index is 12.8. The highest BCUT2D eigenvalue weighted by atomic mass is 16.6. The highest BCUT2D eigenvalue weighted by molar-refractivity contribution is 5.71. The smallest absolute Gasteiger partial charge is 0.306 e. The van der Waals surface area contributed by atoms with Crippen molar-refractivity contribution in [3.05, 3.63) is 0 Å². The molecule has 0 spiro atoms. The van der Waals surface area contributed by atoms with Crippen molar-refractivity contribution in [3.8, 4) is 0 Å². The van der Waals surface area contributed by atoms with Crippen LogP contribution in [-0.4, -0.2) is 37.2 Å². The Morgan fingerprint density at radius 3 is 0.825 bits per heavy atom. The topological polar surface area (TPSA) is 78.9 Å². The average Bonchev–Trinajstić information content (AvgIpc) is 3.27. The van der Waals surface area contributed by atoms with E-state index in [0.29, 0.717) is 19.3 Å². The first-order valence-electron chi connectivity index (χ1n) is 28.2. The minimum Gasteiger partial charge on any atom is -0.462 e. The van der Waals surface area contributed by atoms with E-state index in [4.69, 9.17) is 14.2 Å². The van der Waals surface area contributed by atoms with E-state index in [-0.39, 0.29) is 31.1 Å². The summed E-state index contributed by atoms with van der Waals surface area (Å²) in [5.41, 5.74) is 0. The molecule has 0 heterocycles. The molecule has 0 aromatic carbocycles. The predicted octanol–water partition coefficient (Wildman–Crippen LogP) is 18.3. The van der Waals surface area contributed by atoms with E-state index in [1.165, 1.54) is 193 Å². The van der Waals surface area contributed by atoms with Crippen LogP contribution < -0.4 is 0 Å². The van der Waals surface area contributed by atoms with Crippen molar-refractivity contribution in [1.82, 2.24) is 0 Å². The molecule has 0 aromatic rings. The Kier molecular flexibility index (Phi) is 47.1. The van der Waals surface area contributed by atoms with Crippen LogP contribution >= 0.6 is 0 Å². The summed E-state index contributed by atoms with van der Waals surface area (Å²) in [7, 11) is 0. The van der Waals surface area contributed by atoms with E-state index in [2.05, 4.69) is 41.5 Å². The van der Waals surface area contributed by atoms with Gasteiger partial charge in [0.15, 0.2) is 6.10 Å². The second kappa shape index (κ2) is 48.3. The number of hydrogen-bond donors (Lipinski definition) is 0. The van der Waals surface area contributed by atoms with Crippen LogP contribution in [0.15, 0.2) is 0 Å². The molecule has 0 saturated carbocycles. The predicted molar refractivity (Wildman–Crippen MR) is 270 cm³/mol. The lowest BCUT2D eigenvalue weighted by Crippen LogP contribution is -2.30. The molecular weight excluding hydrogens is 781 g/mol. The Morgan fingerprint density at radius 2 is 0.556 bits per heavy atom. The van der Waals surface area contributed by atoms with Crippen LogP contribution in [0.4, 0.5) is 0 Å². The van der Waals surface area contributed by atoms with Gasteiger partial charge in [-0.3, -0.25) is 14.4 Å². The molecule has 63 heavy (non-hydrogen) atoms. The molecule has 0 aromatic heterocycles. The molecule has 0 radical (unpaired) electrons. The van der Waals surface area contributed by atoms with Crippen molar-refractivity contribution < 1.29 is 28.6 Å². The lowest BCUT2D eigenvalue weighted by atomic mass is 9.99. The summed E-state index contributed by atoms with van der Waals surface area (Å²) in [6, 6.07) is 0. The quantitative estimate of drug-likeness (QED) is 0.0344. The first-order chi connectivity index (χ1) is 30.7. The molecule has 0 bridgehead atoms. The summed E-state index contributed by atoms with van der Waals surface area (Å²) < 4.78 is 16.8. The van der Waals surface area contributed by atoms with E-state index in [1.54, 1.807) is 0 Å². The van der Waals surface area contributed by atoms with E-state index < -0.39 is 6.10 Å². The van der Waals surface area contributed by atoms with Crippen molar-refractivity contribution in [1.29, 1.82) is 0 Å². The van der Waals surface area contributed by atoms with Gasteiger partial charge in [0.2, 0.25) is 0 Å². The summed E-state index contributed by atoms with van der Waals surface area (Å²) in [5.74, 6) is 1.69. The molecule has 0 aliphatic heterocycles. The van der Waals surface area contributed by atoms with Gasteiger partial charge in [0, 0.05) is 19.3 Å². The number of carbonyl (C=O) groups is 3. The van der Waals surface area contributed by atoms with Gasteiger partial charge in [-0.25, -0.2) is 0 Å². The number of ether oxygens (including phenoxy) is 3. The second-order valence-corrected chi connectivity index (χ2v) is 20.5. The maximum Gasteiger partial charge on any atom is 0.306 e. The summed E-state index contributed by atoms with van der Waals surface area (Å²) in [6.45, 7) is 13.8. The highest BCUT2D eigenvalue weighted by Crippen LogP contribution is 2.19. The molecule has 2 unspecified atom stereocenters. The van der Waals surface area contributed by atoms with Crippen molar-refractivity contribution >= 4 is 17.9 Å². The van der Waals surface area contributed by atoms with Crippen LogP contribution in [0.2, 0.25) is 0 Å². The summed E-state index contributed by atoms with van der Waals surface area (Å²) in [6.07, 6.45) is 49.5. The fraction of sp³-hybridized carbons (Fsp3) is 0.947. The van der Waals surface area contributed by atoms with E-state index in [1.807, 2.05) is 0 Å². The lowest BCUT2D eigenvalue weighted by Gasteiger charge is -2.18. The van der Waals surface area contributed by atoms with E-state index in [9.17, 15) is 14.4 Å². The minimum atomic E-state index is -0.764. The zero-order valence-corrected chi connectivity index (χ0v) is 43.4. The largest absolute Gasteiger partial charge is 0.462 e. The van der Waals surface area contributed by atoms with E-state index in [0.717, 1.165) is 75.5 Å². The highest BCUT2D eigenvalue weighted by Gasteiger charge is 2.19. The molecular formula is C57H110O6. The number of carbonyl (C=O) groups excluding carboxylic acids is 3. The number of unbranched alkanes of at least 4 members (excludes halogenated alkanes) is 31. The van der Waals surface area contributed by atoms with Crippen LogP contribution in [0, 0.1) is 17.8 Å². The standard InChI is InChI=1S/C57H110O6/c1-7-52(5)44-38-32-26-22-19-20-24-28-36-42-48-57(60)63-54(50-62-56(59)47-41-35-30-29-33-39-45-53(6)8-2)49-61-55(58)46-40-34-27-23-18-16-14-12-10-9-11-13-15-17-21-25-31-37-43-51(3)4/h51-54H,7-50H2,1-6H3/t52?,53?,54-/m1/s1. The molecule has 0 aliphatic rings. The molecule has 3 atom stereocenters. The summed E-state index contributed by atoms with van der Waals surface area (Å²) in [4.78, 5) is 38.0. The molecule has 0 N–H and O–H groups in total. The van der Waals surface area contributed by atoms with Crippen LogP contribution in [0.5, 0.6) is 0 Å². The van der Waals surface area contributed by atoms with Crippen molar-refractivity contribution in [3.63, 3.8) is 0 Å². The van der Waals surface area contributed by atoms with Gasteiger partial charge < -0.3 is 14.2 Å². The minimum absolute atomic E-state index is 0.0647. The van der Waals surface area contributed by atoms with Crippen LogP contribution in [-0.2, 0) is 28.6 Å².